The molecule has 4 heteroatoms. The molecule has 98 valence electrons. The number of benzene rings is 1. The molecule has 0 bridgehead atoms. The van der Waals surface area contributed by atoms with Crippen LogP contribution in [0.1, 0.15) is 33.1 Å². The molecule has 0 aromatic heterocycles. The van der Waals surface area contributed by atoms with E-state index in [9.17, 15) is 9.90 Å². The zero-order valence-corrected chi connectivity index (χ0v) is 10.7. The maximum atomic E-state index is 11.2. The van der Waals surface area contributed by atoms with E-state index < -0.39 is 11.6 Å². The summed E-state index contributed by atoms with van der Waals surface area (Å²) >= 11 is 0. The summed E-state index contributed by atoms with van der Waals surface area (Å²) < 4.78 is 11.2. The van der Waals surface area contributed by atoms with Crippen molar-refractivity contribution >= 4 is 5.97 Å². The minimum absolute atomic E-state index is 0.0809. The molecule has 1 aromatic carbocycles. The van der Waals surface area contributed by atoms with E-state index in [1.807, 2.05) is 19.9 Å². The van der Waals surface area contributed by atoms with Crippen molar-refractivity contribution in [2.24, 2.45) is 0 Å². The summed E-state index contributed by atoms with van der Waals surface area (Å²) in [4.78, 5) is 11.2. The van der Waals surface area contributed by atoms with Gasteiger partial charge in [0.1, 0.15) is 11.5 Å². The summed E-state index contributed by atoms with van der Waals surface area (Å²) in [6, 6.07) is 7.14. The first-order valence-electron chi connectivity index (χ1n) is 6.21. The van der Waals surface area contributed by atoms with Crippen molar-refractivity contribution < 1.29 is 19.4 Å². The highest BCUT2D eigenvalue weighted by Crippen LogP contribution is 2.37. The second kappa shape index (κ2) is 4.88. The largest absolute Gasteiger partial charge is 0.491 e. The Balaban J connectivity index is 2.11. The molecular formula is C14H18O4. The van der Waals surface area contributed by atoms with E-state index in [-0.39, 0.29) is 6.10 Å². The third-order valence-corrected chi connectivity index (χ3v) is 3.04. The first-order chi connectivity index (χ1) is 8.52. The molecule has 1 fully saturated rings. The number of hydrogen-bond donors (Lipinski definition) is 1. The third-order valence-electron chi connectivity index (χ3n) is 3.04. The second-order valence-corrected chi connectivity index (χ2v) is 4.90. The minimum atomic E-state index is -1.03. The zero-order chi connectivity index (χ0) is 13.2. The maximum Gasteiger partial charge on any atom is 0.348 e. The van der Waals surface area contributed by atoms with Gasteiger partial charge in [0.25, 0.3) is 0 Å². The van der Waals surface area contributed by atoms with Crippen LogP contribution in [-0.2, 0) is 4.79 Å². The van der Waals surface area contributed by atoms with E-state index in [1.165, 1.54) is 0 Å². The molecule has 0 atom stereocenters. The van der Waals surface area contributed by atoms with Crippen molar-refractivity contribution in [1.29, 1.82) is 0 Å². The number of carbonyl (C=O) groups is 1. The van der Waals surface area contributed by atoms with Gasteiger partial charge < -0.3 is 14.6 Å². The Hall–Kier alpha value is -1.71. The zero-order valence-electron chi connectivity index (χ0n) is 10.7. The van der Waals surface area contributed by atoms with Gasteiger partial charge in [-0.3, -0.25) is 0 Å². The third kappa shape index (κ3) is 2.58. The Kier molecular flexibility index (Phi) is 3.45. The molecule has 0 saturated heterocycles. The van der Waals surface area contributed by atoms with Crippen molar-refractivity contribution in [3.05, 3.63) is 24.3 Å². The average Bonchev–Trinajstić information content (AvgIpc) is 2.22. The number of aliphatic carboxylic acids is 1. The van der Waals surface area contributed by atoms with Gasteiger partial charge in [-0.25, -0.2) is 4.79 Å². The molecular weight excluding hydrogens is 232 g/mol. The summed E-state index contributed by atoms with van der Waals surface area (Å²) in [5.41, 5.74) is -1.03. The standard InChI is InChI=1S/C14H18O4/c1-10(2)17-11-5-3-6-12(9-11)18-14(13(15)16)7-4-8-14/h3,5-6,9-10H,4,7-8H2,1-2H3,(H,15,16). The van der Waals surface area contributed by atoms with Gasteiger partial charge >= 0.3 is 5.97 Å². The quantitative estimate of drug-likeness (QED) is 0.873. The van der Waals surface area contributed by atoms with Crippen LogP contribution >= 0.6 is 0 Å². The molecule has 1 aliphatic carbocycles. The molecule has 1 N–H and O–H groups in total. The molecule has 4 nitrogen and oxygen atoms in total. The van der Waals surface area contributed by atoms with E-state index in [1.54, 1.807) is 18.2 Å². The lowest BCUT2D eigenvalue weighted by Crippen LogP contribution is -2.50. The number of carboxylic acids is 1. The highest BCUT2D eigenvalue weighted by molar-refractivity contribution is 5.79. The Morgan fingerprint density at radius 3 is 2.50 bits per heavy atom. The Labute approximate surface area is 107 Å². The van der Waals surface area contributed by atoms with Gasteiger partial charge in [0.15, 0.2) is 0 Å². The van der Waals surface area contributed by atoms with E-state index >= 15 is 0 Å². The molecule has 0 amide bonds. The Morgan fingerprint density at radius 1 is 1.33 bits per heavy atom. The molecule has 1 saturated carbocycles. The van der Waals surface area contributed by atoms with Gasteiger partial charge in [-0.15, -0.1) is 0 Å². The second-order valence-electron chi connectivity index (χ2n) is 4.90. The fourth-order valence-electron chi connectivity index (χ4n) is 1.97. The predicted molar refractivity (Wildman–Crippen MR) is 67.1 cm³/mol. The van der Waals surface area contributed by atoms with Crippen LogP contribution < -0.4 is 9.47 Å². The van der Waals surface area contributed by atoms with Gasteiger partial charge in [-0.05, 0) is 45.2 Å². The van der Waals surface area contributed by atoms with Crippen LogP contribution in [-0.4, -0.2) is 22.8 Å². The summed E-state index contributed by atoms with van der Waals surface area (Å²) in [5, 5.41) is 9.20. The van der Waals surface area contributed by atoms with Crippen molar-refractivity contribution in [2.75, 3.05) is 0 Å². The number of ether oxygens (including phenoxy) is 2. The molecule has 0 aliphatic heterocycles. The first kappa shape index (κ1) is 12.7. The Morgan fingerprint density at radius 2 is 2.00 bits per heavy atom. The fraction of sp³-hybridized carbons (Fsp3) is 0.500. The summed E-state index contributed by atoms with van der Waals surface area (Å²) in [5.74, 6) is 0.363. The van der Waals surface area contributed by atoms with Crippen LogP contribution in [0.4, 0.5) is 0 Å². The van der Waals surface area contributed by atoms with Gasteiger partial charge in [0.2, 0.25) is 5.60 Å². The summed E-state index contributed by atoms with van der Waals surface area (Å²) in [7, 11) is 0. The predicted octanol–water partition coefficient (Wildman–Crippen LogP) is 2.86. The average molecular weight is 250 g/mol. The van der Waals surface area contributed by atoms with Crippen LogP contribution in [0.5, 0.6) is 11.5 Å². The molecule has 1 aliphatic rings. The molecule has 0 radical (unpaired) electrons. The highest BCUT2D eigenvalue weighted by Gasteiger charge is 2.47. The molecule has 0 spiro atoms. The van der Waals surface area contributed by atoms with E-state index in [0.717, 1.165) is 6.42 Å². The van der Waals surface area contributed by atoms with Crippen molar-refractivity contribution in [1.82, 2.24) is 0 Å². The lowest BCUT2D eigenvalue weighted by Gasteiger charge is -2.37. The van der Waals surface area contributed by atoms with Gasteiger partial charge in [-0.2, -0.15) is 0 Å². The monoisotopic (exact) mass is 250 g/mol. The van der Waals surface area contributed by atoms with Crippen molar-refractivity contribution in [3.63, 3.8) is 0 Å². The SMILES string of the molecule is CC(C)Oc1cccc(OC2(C(=O)O)CCC2)c1. The van der Waals surface area contributed by atoms with Gasteiger partial charge in [0, 0.05) is 6.07 Å². The fourth-order valence-corrected chi connectivity index (χ4v) is 1.97. The van der Waals surface area contributed by atoms with E-state index in [0.29, 0.717) is 24.3 Å². The van der Waals surface area contributed by atoms with Crippen LogP contribution in [0.3, 0.4) is 0 Å². The van der Waals surface area contributed by atoms with E-state index in [4.69, 9.17) is 9.47 Å². The minimum Gasteiger partial charge on any atom is -0.491 e. The van der Waals surface area contributed by atoms with E-state index in [2.05, 4.69) is 0 Å². The number of hydrogen-bond acceptors (Lipinski definition) is 3. The normalized spacial score (nSPS) is 17.1. The van der Waals surface area contributed by atoms with Crippen molar-refractivity contribution in [3.8, 4) is 11.5 Å². The molecule has 0 unspecified atom stereocenters. The van der Waals surface area contributed by atoms with Gasteiger partial charge in [0.05, 0.1) is 6.10 Å². The van der Waals surface area contributed by atoms with Crippen LogP contribution in [0.2, 0.25) is 0 Å². The van der Waals surface area contributed by atoms with Gasteiger partial charge in [-0.1, -0.05) is 6.07 Å². The van der Waals surface area contributed by atoms with Crippen LogP contribution in [0.25, 0.3) is 0 Å². The number of rotatable bonds is 5. The highest BCUT2D eigenvalue weighted by atomic mass is 16.5. The first-order valence-corrected chi connectivity index (χ1v) is 6.21. The summed E-state index contributed by atoms with van der Waals surface area (Å²) in [6.45, 7) is 3.89. The molecule has 1 aromatic rings. The Bertz CT molecular complexity index is 435. The maximum absolute atomic E-state index is 11.2. The lowest BCUT2D eigenvalue weighted by atomic mass is 9.80. The molecule has 18 heavy (non-hydrogen) atoms. The lowest BCUT2D eigenvalue weighted by molar-refractivity contribution is -0.163. The van der Waals surface area contributed by atoms with Crippen LogP contribution in [0.15, 0.2) is 24.3 Å². The van der Waals surface area contributed by atoms with Crippen LogP contribution in [0, 0.1) is 0 Å². The number of carboxylic acid groups (broad SMARTS) is 1. The summed E-state index contributed by atoms with van der Waals surface area (Å²) in [6.07, 6.45) is 2.11. The smallest absolute Gasteiger partial charge is 0.348 e. The molecule has 2 rings (SSSR count). The van der Waals surface area contributed by atoms with Crippen molar-refractivity contribution in [2.45, 2.75) is 44.8 Å². The topological polar surface area (TPSA) is 55.8 Å². The molecule has 0 heterocycles.